The molecule has 3 aromatic rings. The van der Waals surface area contributed by atoms with Gasteiger partial charge in [0.1, 0.15) is 0 Å². The number of aromatic amines is 2. The van der Waals surface area contributed by atoms with Gasteiger partial charge in [0.15, 0.2) is 0 Å². The highest BCUT2D eigenvalue weighted by molar-refractivity contribution is 7.30. The van der Waals surface area contributed by atoms with E-state index in [1.807, 2.05) is 30.3 Å². The summed E-state index contributed by atoms with van der Waals surface area (Å²) in [7, 11) is -1.11. The molecule has 0 saturated heterocycles. The molecule has 0 spiro atoms. The van der Waals surface area contributed by atoms with E-state index < -0.39 is 24.3 Å². The third-order valence-corrected chi connectivity index (χ3v) is 3.68. The molecule has 0 aliphatic heterocycles. The zero-order chi connectivity index (χ0) is 20.8. The first-order valence-corrected chi connectivity index (χ1v) is 8.90. The minimum atomic E-state index is -2.87. The molecule has 0 radical (unpaired) electrons. The molecule has 1 aromatic heterocycles. The molecule has 1 heterocycles. The molecule has 0 fully saturated rings. The Morgan fingerprint density at radius 2 is 1.68 bits per heavy atom. The number of H-pyrrole nitrogens is 2. The first-order chi connectivity index (χ1) is 13.2. The van der Waals surface area contributed by atoms with Crippen molar-refractivity contribution in [3.8, 4) is 0 Å². The lowest BCUT2D eigenvalue weighted by Crippen LogP contribution is -2.29. The highest BCUT2D eigenvalue weighted by Gasteiger charge is 2.16. The van der Waals surface area contributed by atoms with Gasteiger partial charge in [0, 0.05) is 30.3 Å². The third kappa shape index (κ3) is 5.30. The van der Waals surface area contributed by atoms with Crippen molar-refractivity contribution in [2.24, 2.45) is 0 Å². The Hall–Kier alpha value is -3.40. The van der Waals surface area contributed by atoms with E-state index in [0.29, 0.717) is 17.7 Å². The van der Waals surface area contributed by atoms with Crippen molar-refractivity contribution in [1.82, 2.24) is 9.97 Å². The molecule has 0 bridgehead atoms. The number of benzene rings is 2. The van der Waals surface area contributed by atoms with Crippen LogP contribution in [0.1, 0.15) is 5.56 Å². The van der Waals surface area contributed by atoms with Gasteiger partial charge in [0.05, 0.1) is 21.6 Å². The monoisotopic (exact) mass is 407 g/mol. The molecule has 0 atom stereocenters. The van der Waals surface area contributed by atoms with Crippen LogP contribution in [0.2, 0.25) is 0 Å². The van der Waals surface area contributed by atoms with Crippen LogP contribution in [0.25, 0.3) is 11.0 Å². The van der Waals surface area contributed by atoms with Gasteiger partial charge in [-0.25, -0.2) is 0 Å². The largest absolute Gasteiger partial charge is 0.692 e. The fourth-order valence-electron chi connectivity index (χ4n) is 2.54. The van der Waals surface area contributed by atoms with E-state index in [4.69, 9.17) is 14.4 Å². The highest BCUT2D eigenvalue weighted by Crippen LogP contribution is 2.29. The van der Waals surface area contributed by atoms with Crippen molar-refractivity contribution in [2.45, 2.75) is 6.54 Å². The second kappa shape index (κ2) is 9.00. The molecule has 28 heavy (non-hydrogen) atoms. The van der Waals surface area contributed by atoms with Crippen LogP contribution in [0.3, 0.4) is 0 Å². The van der Waals surface area contributed by atoms with Crippen LogP contribution >= 0.6 is 8.25 Å². The van der Waals surface area contributed by atoms with Gasteiger partial charge in [-0.3, -0.25) is 19.7 Å². The smallest absolute Gasteiger partial charge is 0.368 e. The van der Waals surface area contributed by atoms with Gasteiger partial charge in [-0.15, -0.1) is 9.79 Å². The lowest BCUT2D eigenvalue weighted by molar-refractivity contribution is -0.384. The second-order valence-electron chi connectivity index (χ2n) is 5.65. The number of hydrogen-bond acceptors (Lipinski definition) is 6. The van der Waals surface area contributed by atoms with Crippen LogP contribution in [0.5, 0.6) is 0 Å². The average Bonchev–Trinajstić information content (AvgIpc) is 2.62. The van der Waals surface area contributed by atoms with E-state index in [1.165, 1.54) is 12.1 Å². The first-order valence-electron chi connectivity index (χ1n) is 7.74. The standard InChI is InChI=1S/C16H14N4O4.HO3P/c1-19(9-10-5-3-2-4-6-10)13-8-11(20(23)24)7-12-14(13)18-16(22)15(21)17-12;1-4(2)3/h2-8H,9H2,1H3,(H,17,21)(H,18,22);(H-,1,2,3)/p+1. The van der Waals surface area contributed by atoms with Gasteiger partial charge in [0.25, 0.3) is 5.69 Å². The maximum absolute atomic E-state index is 11.6. The molecule has 11 nitrogen and oxygen atoms in total. The first kappa shape index (κ1) is 20.9. The molecular weight excluding hydrogens is 391 g/mol. The topological polar surface area (TPSA) is 170 Å². The molecule has 2 aromatic carbocycles. The number of non-ortho nitro benzene ring substituents is 1. The average molecular weight is 407 g/mol. The Bertz CT molecular complexity index is 1120. The molecule has 0 saturated carbocycles. The van der Waals surface area contributed by atoms with Gasteiger partial charge in [-0.1, -0.05) is 30.3 Å². The molecule has 3 rings (SSSR count). The number of hydrogen-bond donors (Lipinski definition) is 4. The Balaban J connectivity index is 0.000000640. The molecule has 4 N–H and O–H groups in total. The zero-order valence-electron chi connectivity index (χ0n) is 14.5. The van der Waals surface area contributed by atoms with Gasteiger partial charge >= 0.3 is 19.4 Å². The summed E-state index contributed by atoms with van der Waals surface area (Å²) in [6.07, 6.45) is 0. The molecule has 0 amide bonds. The molecule has 0 unspecified atom stereocenters. The summed E-state index contributed by atoms with van der Waals surface area (Å²) in [6.45, 7) is 0.484. The van der Waals surface area contributed by atoms with Crippen LogP contribution in [-0.2, 0) is 11.1 Å². The number of nitro benzene ring substituents is 1. The van der Waals surface area contributed by atoms with Crippen molar-refractivity contribution < 1.29 is 19.3 Å². The van der Waals surface area contributed by atoms with Crippen LogP contribution in [-0.4, -0.2) is 31.7 Å². The van der Waals surface area contributed by atoms with E-state index in [9.17, 15) is 19.7 Å². The number of nitro groups is 1. The maximum Gasteiger partial charge on any atom is 0.692 e. The summed E-state index contributed by atoms with van der Waals surface area (Å²) in [5, 5.41) is 11.2. The highest BCUT2D eigenvalue weighted by atomic mass is 31.1. The van der Waals surface area contributed by atoms with Crippen molar-refractivity contribution >= 4 is 30.7 Å². The Morgan fingerprint density at radius 1 is 1.11 bits per heavy atom. The van der Waals surface area contributed by atoms with E-state index >= 15 is 0 Å². The molecule has 0 aliphatic carbocycles. The van der Waals surface area contributed by atoms with Crippen LogP contribution < -0.4 is 16.0 Å². The summed E-state index contributed by atoms with van der Waals surface area (Å²) in [4.78, 5) is 54.6. The molecule has 0 aliphatic rings. The van der Waals surface area contributed by atoms with Crippen LogP contribution in [0, 0.1) is 10.1 Å². The Kier molecular flexibility index (Phi) is 6.72. The summed E-state index contributed by atoms with van der Waals surface area (Å²) >= 11 is 0. The van der Waals surface area contributed by atoms with Crippen molar-refractivity contribution in [2.75, 3.05) is 11.9 Å². The van der Waals surface area contributed by atoms with Crippen molar-refractivity contribution in [3.63, 3.8) is 0 Å². The fourth-order valence-corrected chi connectivity index (χ4v) is 2.54. The van der Waals surface area contributed by atoms with Gasteiger partial charge < -0.3 is 14.9 Å². The third-order valence-electron chi connectivity index (χ3n) is 3.68. The van der Waals surface area contributed by atoms with E-state index in [0.717, 1.165) is 5.56 Å². The lowest BCUT2D eigenvalue weighted by atomic mass is 10.1. The number of anilines is 1. The predicted octanol–water partition coefficient (Wildman–Crippen LogP) is 1.39. The van der Waals surface area contributed by atoms with E-state index in [2.05, 4.69) is 9.97 Å². The Labute approximate surface area is 158 Å². The summed E-state index contributed by atoms with van der Waals surface area (Å²) in [5.41, 5.74) is 0.209. The van der Waals surface area contributed by atoms with Gasteiger partial charge in [-0.05, 0) is 5.56 Å². The lowest BCUT2D eigenvalue weighted by Gasteiger charge is -2.20. The zero-order valence-corrected chi connectivity index (χ0v) is 15.4. The quantitative estimate of drug-likeness (QED) is 0.218. The second-order valence-corrected chi connectivity index (χ2v) is 6.15. The Morgan fingerprint density at radius 3 is 2.25 bits per heavy atom. The van der Waals surface area contributed by atoms with E-state index in [-0.39, 0.29) is 11.2 Å². The number of nitrogens with zero attached hydrogens (tertiary/aromatic N) is 2. The predicted molar refractivity (Wildman–Crippen MR) is 102 cm³/mol. The molecular formula is C16H16N4O7P+. The van der Waals surface area contributed by atoms with Crippen molar-refractivity contribution in [1.29, 1.82) is 0 Å². The maximum atomic E-state index is 11.6. The number of rotatable bonds is 4. The summed E-state index contributed by atoms with van der Waals surface area (Å²) in [6, 6.07) is 12.2. The molecule has 12 heteroatoms. The number of fused-ring (bicyclic) bond motifs is 1. The summed E-state index contributed by atoms with van der Waals surface area (Å²) in [5.74, 6) is 0. The minimum Gasteiger partial charge on any atom is -0.368 e. The normalized spacial score (nSPS) is 10.1. The molecule has 146 valence electrons. The number of aromatic nitrogens is 2. The SMILES string of the molecule is CN(Cc1ccccc1)c1cc([N+](=O)[O-])cc2[nH]c(=O)c(=O)[nH]c12.O=[P+](O)O. The summed E-state index contributed by atoms with van der Waals surface area (Å²) < 4.78 is 8.70. The van der Waals surface area contributed by atoms with Crippen LogP contribution in [0.15, 0.2) is 52.1 Å². The fraction of sp³-hybridized carbons (Fsp3) is 0.125. The van der Waals surface area contributed by atoms with E-state index in [1.54, 1.807) is 11.9 Å². The number of nitrogens with one attached hydrogen (secondary N) is 2. The van der Waals surface area contributed by atoms with Gasteiger partial charge in [-0.2, -0.15) is 0 Å². The van der Waals surface area contributed by atoms with Crippen LogP contribution in [0.4, 0.5) is 11.4 Å². The minimum absolute atomic E-state index is 0.167. The van der Waals surface area contributed by atoms with Gasteiger partial charge in [0.2, 0.25) is 0 Å². The van der Waals surface area contributed by atoms with Crippen molar-refractivity contribution in [3.05, 3.63) is 78.8 Å².